The molecule has 31 heavy (non-hydrogen) atoms. The van der Waals surface area contributed by atoms with Crippen LogP contribution in [0.2, 0.25) is 0 Å². The van der Waals surface area contributed by atoms with E-state index >= 15 is 0 Å². The number of sulfonamides is 1. The lowest BCUT2D eigenvalue weighted by molar-refractivity contribution is -0.385. The molecule has 2 saturated heterocycles. The number of hydrogen-bond donors (Lipinski definition) is 0. The van der Waals surface area contributed by atoms with Gasteiger partial charge in [-0.3, -0.25) is 19.7 Å². The van der Waals surface area contributed by atoms with Crippen LogP contribution >= 0.6 is 0 Å². The third kappa shape index (κ3) is 5.04. The largest absolute Gasteiger partial charge is 0.452 e. The van der Waals surface area contributed by atoms with Gasteiger partial charge in [0.2, 0.25) is 10.0 Å². The summed E-state index contributed by atoms with van der Waals surface area (Å²) in [5.41, 5.74) is 0.126. The molecular weight excluding hydrogens is 426 g/mol. The van der Waals surface area contributed by atoms with Gasteiger partial charge in [-0.15, -0.1) is 0 Å². The highest BCUT2D eigenvalue weighted by Crippen LogP contribution is 2.29. The Labute approximate surface area is 181 Å². The molecule has 0 aromatic heterocycles. The van der Waals surface area contributed by atoms with E-state index in [1.807, 2.05) is 0 Å². The first-order valence-electron chi connectivity index (χ1n) is 10.4. The molecule has 0 bridgehead atoms. The molecule has 1 aromatic rings. The number of carbonyl (C=O) groups is 2. The van der Waals surface area contributed by atoms with Gasteiger partial charge in [-0.2, -0.15) is 4.31 Å². The molecule has 1 aromatic carbocycles. The fourth-order valence-electron chi connectivity index (χ4n) is 3.97. The number of hydrogen-bond acceptors (Lipinski definition) is 7. The predicted octanol–water partition coefficient (Wildman–Crippen LogP) is 1.86. The van der Waals surface area contributed by atoms with Gasteiger partial charge in [0.1, 0.15) is 0 Å². The van der Waals surface area contributed by atoms with E-state index in [0.29, 0.717) is 18.7 Å². The smallest absolute Gasteiger partial charge is 0.309 e. The number of nitro benzene ring substituents is 1. The summed E-state index contributed by atoms with van der Waals surface area (Å²) in [6, 6.07) is 3.74. The van der Waals surface area contributed by atoms with Crippen molar-refractivity contribution in [1.29, 1.82) is 0 Å². The standard InChI is InChI=1S/C20H27N3O7S/c1-14-5-6-17(23(26)27)13-18(14)31(28,29)22-11-7-16(8-12-22)20(25)30-15(2)19(24)21-9-3-4-10-21/h5-6,13,15-16H,3-4,7-12H2,1-2H3/t15-/m0/s1. The highest BCUT2D eigenvalue weighted by atomic mass is 32.2. The van der Waals surface area contributed by atoms with Gasteiger partial charge in [0.05, 0.1) is 15.7 Å². The molecule has 11 heteroatoms. The normalized spacial score (nSPS) is 19.2. The van der Waals surface area contributed by atoms with Crippen LogP contribution in [-0.4, -0.2) is 66.7 Å². The summed E-state index contributed by atoms with van der Waals surface area (Å²) in [7, 11) is -3.93. The summed E-state index contributed by atoms with van der Waals surface area (Å²) in [5, 5.41) is 11.0. The molecule has 3 rings (SSSR count). The van der Waals surface area contributed by atoms with Crippen LogP contribution in [-0.2, 0) is 24.3 Å². The summed E-state index contributed by atoms with van der Waals surface area (Å²) < 4.78 is 32.6. The second-order valence-electron chi connectivity index (χ2n) is 8.00. The number of likely N-dealkylation sites (tertiary alicyclic amines) is 1. The number of ether oxygens (including phenoxy) is 1. The monoisotopic (exact) mass is 453 g/mol. The SMILES string of the molecule is Cc1ccc([N+](=O)[O-])cc1S(=O)(=O)N1CCC(C(=O)O[C@@H](C)C(=O)N2CCCC2)CC1. The molecule has 10 nitrogen and oxygen atoms in total. The molecule has 2 aliphatic rings. The maximum absolute atomic E-state index is 13.0. The Hall–Kier alpha value is -2.53. The van der Waals surface area contributed by atoms with Gasteiger partial charge >= 0.3 is 5.97 Å². The van der Waals surface area contributed by atoms with Gasteiger partial charge < -0.3 is 9.64 Å². The first-order chi connectivity index (χ1) is 14.6. The Bertz CT molecular complexity index is 965. The number of esters is 1. The van der Waals surface area contributed by atoms with E-state index in [9.17, 15) is 28.1 Å². The summed E-state index contributed by atoms with van der Waals surface area (Å²) in [6.45, 7) is 4.68. The van der Waals surface area contributed by atoms with Gasteiger partial charge in [-0.1, -0.05) is 6.07 Å². The summed E-state index contributed by atoms with van der Waals surface area (Å²) >= 11 is 0. The first-order valence-corrected chi connectivity index (χ1v) is 11.8. The first kappa shape index (κ1) is 23.1. The average molecular weight is 454 g/mol. The zero-order chi connectivity index (χ0) is 22.8. The quantitative estimate of drug-likeness (QED) is 0.365. The molecule has 170 valence electrons. The van der Waals surface area contributed by atoms with Gasteiger partial charge in [0, 0.05) is 38.3 Å². The van der Waals surface area contributed by atoms with E-state index in [0.717, 1.165) is 18.9 Å². The van der Waals surface area contributed by atoms with Gasteiger partial charge in [0.25, 0.3) is 11.6 Å². The van der Waals surface area contributed by atoms with Crippen molar-refractivity contribution in [3.05, 3.63) is 33.9 Å². The molecule has 0 aliphatic carbocycles. The Kier molecular flexibility index (Phi) is 6.95. The van der Waals surface area contributed by atoms with Gasteiger partial charge in [-0.05, 0) is 45.1 Å². The number of nitro groups is 1. The van der Waals surface area contributed by atoms with Crippen LogP contribution in [0.1, 0.15) is 38.2 Å². The maximum atomic E-state index is 13.0. The van der Waals surface area contributed by atoms with E-state index in [1.165, 1.54) is 16.4 Å². The van der Waals surface area contributed by atoms with Crippen molar-refractivity contribution in [1.82, 2.24) is 9.21 Å². The molecule has 0 radical (unpaired) electrons. The van der Waals surface area contributed by atoms with E-state index in [1.54, 1.807) is 18.7 Å². The van der Waals surface area contributed by atoms with Crippen LogP contribution in [0.5, 0.6) is 0 Å². The lowest BCUT2D eigenvalue weighted by Gasteiger charge is -2.31. The zero-order valence-corrected chi connectivity index (χ0v) is 18.5. The molecule has 1 amide bonds. The van der Waals surface area contributed by atoms with Crippen LogP contribution in [0, 0.1) is 23.0 Å². The molecule has 2 heterocycles. The second kappa shape index (κ2) is 9.31. The van der Waals surface area contributed by atoms with Crippen molar-refractivity contribution < 1.29 is 27.7 Å². The van der Waals surface area contributed by atoms with Crippen molar-refractivity contribution in [3.63, 3.8) is 0 Å². The van der Waals surface area contributed by atoms with Crippen molar-refractivity contribution in [3.8, 4) is 0 Å². The number of rotatable bonds is 6. The van der Waals surface area contributed by atoms with E-state index in [2.05, 4.69) is 0 Å². The minimum Gasteiger partial charge on any atom is -0.452 e. The highest BCUT2D eigenvalue weighted by molar-refractivity contribution is 7.89. The number of amides is 1. The number of non-ortho nitro benzene ring substituents is 1. The van der Waals surface area contributed by atoms with Crippen LogP contribution in [0.3, 0.4) is 0 Å². The van der Waals surface area contributed by atoms with E-state index < -0.39 is 32.9 Å². The fraction of sp³-hybridized carbons (Fsp3) is 0.600. The zero-order valence-electron chi connectivity index (χ0n) is 17.7. The number of nitrogens with zero attached hydrogens (tertiary/aromatic N) is 3. The van der Waals surface area contributed by atoms with E-state index in [4.69, 9.17) is 4.74 Å². The minimum atomic E-state index is -3.93. The Balaban J connectivity index is 1.61. The number of carbonyl (C=O) groups excluding carboxylic acids is 2. The van der Waals surface area contributed by atoms with Crippen molar-refractivity contribution in [2.75, 3.05) is 26.2 Å². The fourth-order valence-corrected chi connectivity index (χ4v) is 5.68. The van der Waals surface area contributed by atoms with Crippen LogP contribution < -0.4 is 0 Å². The lowest BCUT2D eigenvalue weighted by Crippen LogP contribution is -2.43. The molecule has 0 unspecified atom stereocenters. The van der Waals surface area contributed by atoms with Crippen LogP contribution in [0.4, 0.5) is 5.69 Å². The van der Waals surface area contributed by atoms with Crippen molar-refractivity contribution in [2.45, 2.75) is 50.5 Å². The number of piperidine rings is 1. The molecule has 1 atom stereocenters. The van der Waals surface area contributed by atoms with Crippen molar-refractivity contribution in [2.24, 2.45) is 5.92 Å². The molecule has 0 N–H and O–H groups in total. The van der Waals surface area contributed by atoms with Gasteiger partial charge in [0.15, 0.2) is 6.10 Å². The Morgan fingerprint density at radius 1 is 1.16 bits per heavy atom. The molecule has 0 spiro atoms. The minimum absolute atomic E-state index is 0.0959. The predicted molar refractivity (Wildman–Crippen MR) is 111 cm³/mol. The van der Waals surface area contributed by atoms with Gasteiger partial charge in [-0.25, -0.2) is 8.42 Å². The van der Waals surface area contributed by atoms with Crippen LogP contribution in [0.15, 0.2) is 23.1 Å². The molecule has 2 aliphatic heterocycles. The molecule has 2 fully saturated rings. The average Bonchev–Trinajstić information content (AvgIpc) is 3.28. The lowest BCUT2D eigenvalue weighted by atomic mass is 9.98. The maximum Gasteiger partial charge on any atom is 0.309 e. The van der Waals surface area contributed by atoms with E-state index in [-0.39, 0.29) is 42.4 Å². The third-order valence-corrected chi connectivity index (χ3v) is 7.89. The Morgan fingerprint density at radius 2 is 1.77 bits per heavy atom. The molecule has 0 saturated carbocycles. The molecular formula is C20H27N3O7S. The highest BCUT2D eigenvalue weighted by Gasteiger charge is 2.35. The van der Waals surface area contributed by atoms with Crippen molar-refractivity contribution >= 4 is 27.6 Å². The Morgan fingerprint density at radius 3 is 2.35 bits per heavy atom. The van der Waals surface area contributed by atoms with Crippen LogP contribution in [0.25, 0.3) is 0 Å². The number of benzene rings is 1. The second-order valence-corrected chi connectivity index (χ2v) is 9.90. The summed E-state index contributed by atoms with van der Waals surface area (Å²) in [4.78, 5) is 36.8. The number of aryl methyl sites for hydroxylation is 1. The summed E-state index contributed by atoms with van der Waals surface area (Å²) in [6.07, 6.45) is 1.56. The topological polar surface area (TPSA) is 127 Å². The summed E-state index contributed by atoms with van der Waals surface area (Å²) in [5.74, 6) is -1.19. The third-order valence-electron chi connectivity index (χ3n) is 5.85.